The number of nitrogens with zero attached hydrogens (tertiary/aromatic N) is 5. The van der Waals surface area contributed by atoms with Crippen molar-refractivity contribution in [2.24, 2.45) is 7.05 Å². The van der Waals surface area contributed by atoms with E-state index < -0.39 is 10.0 Å². The highest BCUT2D eigenvalue weighted by atomic mass is 32.2. The first-order valence-corrected chi connectivity index (χ1v) is 11.9. The highest BCUT2D eigenvalue weighted by Gasteiger charge is 2.31. The molecule has 162 valence electrons. The molecular weight excluding hydrogens is 438 g/mol. The third kappa shape index (κ3) is 4.29. The first-order chi connectivity index (χ1) is 14.8. The van der Waals surface area contributed by atoms with E-state index in [1.807, 2.05) is 13.2 Å². The smallest absolute Gasteiger partial charge is 0.273 e. The lowest BCUT2D eigenvalue weighted by Crippen LogP contribution is -2.50. The van der Waals surface area contributed by atoms with Gasteiger partial charge in [0.1, 0.15) is 10.7 Å². The number of hydrogen-bond donors (Lipinski definition) is 0. The molecule has 9 nitrogen and oxygen atoms in total. The van der Waals surface area contributed by atoms with Crippen LogP contribution in [0.3, 0.4) is 0 Å². The quantitative estimate of drug-likeness (QED) is 0.540. The Balaban J connectivity index is 1.44. The van der Waals surface area contributed by atoms with Crippen LogP contribution in [0, 0.1) is 0 Å². The van der Waals surface area contributed by atoms with Crippen LogP contribution in [0.2, 0.25) is 0 Å². The Bertz CT molecular complexity index is 1240. The number of aryl methyl sites for hydroxylation is 1. The minimum atomic E-state index is -3.74. The molecule has 0 saturated carbocycles. The number of aromatic nitrogens is 3. The Hall–Kier alpha value is -2.89. The summed E-state index contributed by atoms with van der Waals surface area (Å²) < 4.78 is 28.9. The zero-order valence-corrected chi connectivity index (χ0v) is 18.7. The van der Waals surface area contributed by atoms with Crippen molar-refractivity contribution < 1.29 is 18.0 Å². The normalized spacial score (nSPS) is 15.2. The van der Waals surface area contributed by atoms with Crippen LogP contribution in [-0.2, 0) is 17.1 Å². The van der Waals surface area contributed by atoms with Gasteiger partial charge in [-0.05, 0) is 19.1 Å². The zero-order chi connectivity index (χ0) is 22.2. The highest BCUT2D eigenvalue weighted by molar-refractivity contribution is 7.89. The number of hydrogen-bond acceptors (Lipinski definition) is 7. The molecule has 0 N–H and O–H groups in total. The average molecular weight is 460 g/mol. The first-order valence-electron chi connectivity index (χ1n) is 9.60. The van der Waals surface area contributed by atoms with Crippen LogP contribution in [-0.4, -0.2) is 70.3 Å². The summed E-state index contributed by atoms with van der Waals surface area (Å²) >= 11 is 1.37. The van der Waals surface area contributed by atoms with Crippen molar-refractivity contribution in [1.82, 2.24) is 24.0 Å². The third-order valence-electron chi connectivity index (χ3n) is 5.08. The molecule has 1 aliphatic heterocycles. The number of ketones is 1. The number of carbonyl (C=O) groups excluding carboxylic acids is 2. The number of piperazine rings is 1. The van der Waals surface area contributed by atoms with Crippen LogP contribution in [0.5, 0.6) is 0 Å². The lowest BCUT2D eigenvalue weighted by molar-refractivity contribution is 0.0692. The van der Waals surface area contributed by atoms with E-state index in [-0.39, 0.29) is 42.8 Å². The van der Waals surface area contributed by atoms with Gasteiger partial charge in [0.25, 0.3) is 5.91 Å². The molecule has 1 aliphatic rings. The number of benzene rings is 1. The highest BCUT2D eigenvalue weighted by Crippen LogP contribution is 2.24. The van der Waals surface area contributed by atoms with Crippen LogP contribution < -0.4 is 0 Å². The maximum Gasteiger partial charge on any atom is 0.273 e. The Morgan fingerprint density at radius 1 is 1.13 bits per heavy atom. The molecule has 0 bridgehead atoms. The molecule has 1 fully saturated rings. The summed E-state index contributed by atoms with van der Waals surface area (Å²) in [6, 6.07) is 6.02. The third-order valence-corrected chi connectivity index (χ3v) is 7.87. The lowest BCUT2D eigenvalue weighted by atomic mass is 10.2. The van der Waals surface area contributed by atoms with Gasteiger partial charge in [0.2, 0.25) is 10.0 Å². The molecule has 3 heterocycles. The summed E-state index contributed by atoms with van der Waals surface area (Å²) in [6.45, 7) is 2.29. The van der Waals surface area contributed by atoms with Crippen molar-refractivity contribution in [3.8, 4) is 10.6 Å². The van der Waals surface area contributed by atoms with E-state index in [1.165, 1.54) is 34.7 Å². The summed E-state index contributed by atoms with van der Waals surface area (Å²) in [4.78, 5) is 30.5. The fourth-order valence-electron chi connectivity index (χ4n) is 3.35. The van der Waals surface area contributed by atoms with Gasteiger partial charge in [0, 0.05) is 55.9 Å². The van der Waals surface area contributed by atoms with Gasteiger partial charge < -0.3 is 4.90 Å². The molecule has 11 heteroatoms. The summed E-state index contributed by atoms with van der Waals surface area (Å²) in [5.74, 6) is -0.414. The zero-order valence-electron chi connectivity index (χ0n) is 17.1. The monoisotopic (exact) mass is 459 g/mol. The summed E-state index contributed by atoms with van der Waals surface area (Å²) in [5.41, 5.74) is 1.53. The van der Waals surface area contributed by atoms with E-state index in [4.69, 9.17) is 0 Å². The molecule has 1 amide bonds. The van der Waals surface area contributed by atoms with Crippen molar-refractivity contribution in [2.45, 2.75) is 11.8 Å². The fraction of sp³-hybridized carbons (Fsp3) is 0.300. The second kappa shape index (κ2) is 8.33. The van der Waals surface area contributed by atoms with Crippen LogP contribution in [0.1, 0.15) is 27.8 Å². The maximum absolute atomic E-state index is 13.0. The number of Topliss-reactive ketones (excluding diaryl/α,β-unsaturated/α-hetero) is 1. The Labute approximate surface area is 184 Å². The molecule has 0 unspecified atom stereocenters. The number of thiazole rings is 1. The number of amides is 1. The van der Waals surface area contributed by atoms with Gasteiger partial charge in [-0.2, -0.15) is 9.40 Å². The Morgan fingerprint density at radius 2 is 1.87 bits per heavy atom. The minimum Gasteiger partial charge on any atom is -0.335 e. The van der Waals surface area contributed by atoms with Crippen molar-refractivity contribution in [2.75, 3.05) is 26.2 Å². The van der Waals surface area contributed by atoms with Crippen molar-refractivity contribution in [3.05, 3.63) is 53.3 Å². The largest absolute Gasteiger partial charge is 0.335 e. The van der Waals surface area contributed by atoms with Crippen LogP contribution in [0.25, 0.3) is 10.6 Å². The van der Waals surface area contributed by atoms with Gasteiger partial charge >= 0.3 is 0 Å². The van der Waals surface area contributed by atoms with E-state index in [2.05, 4.69) is 10.1 Å². The van der Waals surface area contributed by atoms with Gasteiger partial charge in [-0.25, -0.2) is 13.4 Å². The van der Waals surface area contributed by atoms with Crippen molar-refractivity contribution >= 4 is 33.1 Å². The van der Waals surface area contributed by atoms with Gasteiger partial charge in [0.05, 0.1) is 11.1 Å². The van der Waals surface area contributed by atoms with E-state index in [1.54, 1.807) is 33.3 Å². The second-order valence-electron chi connectivity index (χ2n) is 7.22. The standard InChI is InChI=1S/C20H21N5O4S2/c1-14(26)15-4-3-5-17(10-15)31(28,29)25-8-6-24(7-9-25)20(27)18-13-30-19(22-18)16-11-21-23(2)12-16/h3-5,10-13H,6-9H2,1-2H3. The second-order valence-corrected chi connectivity index (χ2v) is 10.0. The predicted molar refractivity (Wildman–Crippen MR) is 115 cm³/mol. The average Bonchev–Trinajstić information content (AvgIpc) is 3.42. The molecule has 0 radical (unpaired) electrons. The summed E-state index contributed by atoms with van der Waals surface area (Å²) in [6.07, 6.45) is 3.52. The van der Waals surface area contributed by atoms with Crippen LogP contribution >= 0.6 is 11.3 Å². The lowest BCUT2D eigenvalue weighted by Gasteiger charge is -2.33. The number of rotatable bonds is 5. The fourth-order valence-corrected chi connectivity index (χ4v) is 5.59. The molecule has 1 saturated heterocycles. The number of sulfonamides is 1. The molecule has 0 spiro atoms. The van der Waals surface area contributed by atoms with E-state index in [0.29, 0.717) is 16.3 Å². The molecule has 31 heavy (non-hydrogen) atoms. The topological polar surface area (TPSA) is 105 Å². The molecular formula is C20H21N5O4S2. The van der Waals surface area contributed by atoms with E-state index in [0.717, 1.165) is 5.56 Å². The van der Waals surface area contributed by atoms with Gasteiger partial charge in [-0.1, -0.05) is 12.1 Å². The van der Waals surface area contributed by atoms with Crippen LogP contribution in [0.4, 0.5) is 0 Å². The van der Waals surface area contributed by atoms with Gasteiger partial charge in [-0.3, -0.25) is 14.3 Å². The first kappa shape index (κ1) is 21.3. The van der Waals surface area contributed by atoms with E-state index in [9.17, 15) is 18.0 Å². The predicted octanol–water partition coefficient (Wildman–Crippen LogP) is 1.89. The van der Waals surface area contributed by atoms with E-state index >= 15 is 0 Å². The molecule has 1 aromatic carbocycles. The minimum absolute atomic E-state index is 0.0839. The SMILES string of the molecule is CC(=O)c1cccc(S(=O)(=O)N2CCN(C(=O)c3csc(-c4cnn(C)c4)n3)CC2)c1. The molecule has 4 rings (SSSR count). The summed E-state index contributed by atoms with van der Waals surface area (Å²) in [5, 5.41) is 6.54. The summed E-state index contributed by atoms with van der Waals surface area (Å²) in [7, 11) is -1.93. The maximum atomic E-state index is 13.0. The van der Waals surface area contributed by atoms with Crippen molar-refractivity contribution in [3.63, 3.8) is 0 Å². The molecule has 0 atom stereocenters. The Kier molecular flexibility index (Phi) is 5.73. The number of carbonyl (C=O) groups is 2. The van der Waals surface area contributed by atoms with Gasteiger partial charge in [-0.15, -0.1) is 11.3 Å². The van der Waals surface area contributed by atoms with Crippen molar-refractivity contribution in [1.29, 1.82) is 0 Å². The molecule has 0 aliphatic carbocycles. The Morgan fingerprint density at radius 3 is 2.52 bits per heavy atom. The molecule has 3 aromatic rings. The van der Waals surface area contributed by atoms with Crippen LogP contribution in [0.15, 0.2) is 46.9 Å². The molecule has 2 aromatic heterocycles. The van der Waals surface area contributed by atoms with Gasteiger partial charge in [0.15, 0.2) is 5.78 Å².